The number of hydrogen-bond donors (Lipinski definition) is 1. The minimum Gasteiger partial charge on any atom is -0.493 e. The van der Waals surface area contributed by atoms with Crippen LogP contribution in [-0.4, -0.2) is 49.6 Å². The number of anilines is 1. The molecule has 160 valence electrons. The Morgan fingerprint density at radius 2 is 1.83 bits per heavy atom. The van der Waals surface area contributed by atoms with Gasteiger partial charge in [0.15, 0.2) is 0 Å². The highest BCUT2D eigenvalue weighted by molar-refractivity contribution is 5.82. The lowest BCUT2D eigenvalue weighted by Crippen LogP contribution is -2.54. The Balaban J connectivity index is 1.37. The van der Waals surface area contributed by atoms with Crippen LogP contribution in [0.1, 0.15) is 36.1 Å². The second kappa shape index (κ2) is 8.64. The van der Waals surface area contributed by atoms with Crippen LogP contribution in [-0.2, 0) is 4.79 Å². The number of amides is 1. The molecular weight excluding hydrogens is 381 g/mol. The highest BCUT2D eigenvalue weighted by Crippen LogP contribution is 2.35. The molecule has 1 amide bonds. The van der Waals surface area contributed by atoms with Crippen molar-refractivity contribution < 1.29 is 13.9 Å². The first kappa shape index (κ1) is 20.7. The molecule has 4 rings (SSSR count). The van der Waals surface area contributed by atoms with E-state index in [-0.39, 0.29) is 23.8 Å². The summed E-state index contributed by atoms with van der Waals surface area (Å²) in [6, 6.07) is 10.6. The van der Waals surface area contributed by atoms with Crippen LogP contribution in [0, 0.1) is 19.7 Å². The molecule has 1 saturated heterocycles. The van der Waals surface area contributed by atoms with Gasteiger partial charge in [-0.05, 0) is 50.6 Å². The number of carbonyl (C=O) groups is 1. The van der Waals surface area contributed by atoms with E-state index in [0.717, 1.165) is 55.2 Å². The fourth-order valence-electron chi connectivity index (χ4n) is 4.50. The standard InChI is InChI=1S/C24H30FN3O2/c1-16-14-17(2)23-21(15-16)22(8-13-30-23)26-24(29)18(3)27-9-11-28(12-10-27)20-6-4-19(25)5-7-20/h4-7,14-15,18,22H,8-13H2,1-3H3,(H,26,29). The Kier molecular flexibility index (Phi) is 5.95. The number of halogens is 1. The van der Waals surface area contributed by atoms with E-state index in [4.69, 9.17) is 4.74 Å². The molecule has 2 unspecified atom stereocenters. The van der Waals surface area contributed by atoms with Crippen LogP contribution >= 0.6 is 0 Å². The Hall–Kier alpha value is -2.60. The van der Waals surface area contributed by atoms with Gasteiger partial charge in [0.1, 0.15) is 11.6 Å². The zero-order valence-corrected chi connectivity index (χ0v) is 18.0. The lowest BCUT2D eigenvalue weighted by Gasteiger charge is -2.39. The van der Waals surface area contributed by atoms with Crippen molar-refractivity contribution in [3.63, 3.8) is 0 Å². The summed E-state index contributed by atoms with van der Waals surface area (Å²) >= 11 is 0. The molecule has 5 nitrogen and oxygen atoms in total. The van der Waals surface area contributed by atoms with Crippen LogP contribution in [0.4, 0.5) is 10.1 Å². The molecule has 6 heteroatoms. The van der Waals surface area contributed by atoms with Crippen LogP contribution in [0.2, 0.25) is 0 Å². The molecule has 2 heterocycles. The van der Waals surface area contributed by atoms with Gasteiger partial charge < -0.3 is 15.0 Å². The predicted molar refractivity (Wildman–Crippen MR) is 117 cm³/mol. The minimum absolute atomic E-state index is 0.0113. The van der Waals surface area contributed by atoms with E-state index in [1.54, 1.807) is 0 Å². The number of rotatable bonds is 4. The van der Waals surface area contributed by atoms with E-state index >= 15 is 0 Å². The largest absolute Gasteiger partial charge is 0.493 e. The zero-order chi connectivity index (χ0) is 21.3. The number of hydrogen-bond acceptors (Lipinski definition) is 4. The number of fused-ring (bicyclic) bond motifs is 1. The number of nitrogens with one attached hydrogen (secondary N) is 1. The lowest BCUT2D eigenvalue weighted by molar-refractivity contribution is -0.127. The highest BCUT2D eigenvalue weighted by atomic mass is 19.1. The van der Waals surface area contributed by atoms with Crippen LogP contribution in [0.3, 0.4) is 0 Å². The smallest absolute Gasteiger partial charge is 0.237 e. The summed E-state index contributed by atoms with van der Waals surface area (Å²) < 4.78 is 19.0. The van der Waals surface area contributed by atoms with Gasteiger partial charge in [-0.1, -0.05) is 17.7 Å². The zero-order valence-electron chi connectivity index (χ0n) is 18.0. The SMILES string of the molecule is Cc1cc(C)c2c(c1)C(NC(=O)C(C)N1CCN(c3ccc(F)cc3)CC1)CCO2. The molecule has 2 aromatic rings. The molecule has 2 aromatic carbocycles. The summed E-state index contributed by atoms with van der Waals surface area (Å²) in [5, 5.41) is 3.26. The summed E-state index contributed by atoms with van der Waals surface area (Å²) in [5.74, 6) is 0.753. The third-order valence-corrected chi connectivity index (χ3v) is 6.23. The maximum Gasteiger partial charge on any atom is 0.237 e. The monoisotopic (exact) mass is 411 g/mol. The first-order valence-corrected chi connectivity index (χ1v) is 10.7. The normalized spacial score (nSPS) is 20.3. The quantitative estimate of drug-likeness (QED) is 0.835. The van der Waals surface area contributed by atoms with Crippen molar-refractivity contribution in [2.24, 2.45) is 0 Å². The Labute approximate surface area is 177 Å². The molecular formula is C24H30FN3O2. The third-order valence-electron chi connectivity index (χ3n) is 6.23. The van der Waals surface area contributed by atoms with Crippen LogP contribution < -0.4 is 15.0 Å². The molecule has 2 aliphatic rings. The van der Waals surface area contributed by atoms with E-state index in [1.165, 1.54) is 17.7 Å². The van der Waals surface area contributed by atoms with Crippen molar-refractivity contribution in [2.45, 2.75) is 39.3 Å². The number of piperazine rings is 1. The molecule has 30 heavy (non-hydrogen) atoms. The summed E-state index contributed by atoms with van der Waals surface area (Å²) in [6.45, 7) is 9.97. The summed E-state index contributed by atoms with van der Waals surface area (Å²) in [4.78, 5) is 17.5. The number of ether oxygens (including phenoxy) is 1. The predicted octanol–water partition coefficient (Wildman–Crippen LogP) is 3.59. The summed E-state index contributed by atoms with van der Waals surface area (Å²) in [7, 11) is 0. The number of aryl methyl sites for hydroxylation is 2. The van der Waals surface area contributed by atoms with Gasteiger partial charge in [0.05, 0.1) is 18.7 Å². The van der Waals surface area contributed by atoms with E-state index in [2.05, 4.69) is 41.1 Å². The van der Waals surface area contributed by atoms with E-state index < -0.39 is 0 Å². The van der Waals surface area contributed by atoms with Crippen LogP contribution in [0.5, 0.6) is 5.75 Å². The van der Waals surface area contributed by atoms with Gasteiger partial charge in [-0.25, -0.2) is 4.39 Å². The molecule has 0 radical (unpaired) electrons. The van der Waals surface area contributed by atoms with Gasteiger partial charge in [-0.3, -0.25) is 9.69 Å². The van der Waals surface area contributed by atoms with Crippen molar-refractivity contribution in [1.29, 1.82) is 0 Å². The average molecular weight is 412 g/mol. The number of benzene rings is 2. The fraction of sp³-hybridized carbons (Fsp3) is 0.458. The van der Waals surface area contributed by atoms with Gasteiger partial charge in [0.25, 0.3) is 0 Å². The fourth-order valence-corrected chi connectivity index (χ4v) is 4.50. The average Bonchev–Trinajstić information content (AvgIpc) is 2.74. The first-order valence-electron chi connectivity index (χ1n) is 10.7. The van der Waals surface area contributed by atoms with Crippen molar-refractivity contribution in [3.8, 4) is 5.75 Å². The number of carbonyl (C=O) groups excluding carboxylic acids is 1. The van der Waals surface area contributed by atoms with E-state index in [1.807, 2.05) is 19.1 Å². The first-order chi connectivity index (χ1) is 14.4. The van der Waals surface area contributed by atoms with Crippen LogP contribution in [0.15, 0.2) is 36.4 Å². The topological polar surface area (TPSA) is 44.8 Å². The molecule has 0 saturated carbocycles. The number of nitrogens with zero attached hydrogens (tertiary/aromatic N) is 2. The third kappa shape index (κ3) is 4.29. The summed E-state index contributed by atoms with van der Waals surface area (Å²) in [5.41, 5.74) is 4.41. The molecule has 0 aliphatic carbocycles. The van der Waals surface area contributed by atoms with Gasteiger partial charge in [0, 0.05) is 43.9 Å². The molecule has 2 aliphatic heterocycles. The van der Waals surface area contributed by atoms with Crippen molar-refractivity contribution in [3.05, 3.63) is 58.9 Å². The molecule has 0 aromatic heterocycles. The van der Waals surface area contributed by atoms with Gasteiger partial charge >= 0.3 is 0 Å². The molecule has 0 spiro atoms. The second-order valence-corrected chi connectivity index (χ2v) is 8.37. The van der Waals surface area contributed by atoms with Gasteiger partial charge in [-0.15, -0.1) is 0 Å². The van der Waals surface area contributed by atoms with E-state index in [9.17, 15) is 9.18 Å². The van der Waals surface area contributed by atoms with Crippen molar-refractivity contribution in [1.82, 2.24) is 10.2 Å². The summed E-state index contributed by atoms with van der Waals surface area (Å²) in [6.07, 6.45) is 0.784. The maximum absolute atomic E-state index is 13.2. The second-order valence-electron chi connectivity index (χ2n) is 8.37. The highest BCUT2D eigenvalue weighted by Gasteiger charge is 2.30. The molecule has 2 atom stereocenters. The minimum atomic E-state index is -0.220. The van der Waals surface area contributed by atoms with Crippen LogP contribution in [0.25, 0.3) is 0 Å². The van der Waals surface area contributed by atoms with Gasteiger partial charge in [-0.2, -0.15) is 0 Å². The molecule has 1 N–H and O–H groups in total. The van der Waals surface area contributed by atoms with Crippen molar-refractivity contribution in [2.75, 3.05) is 37.7 Å². The Morgan fingerprint density at radius 3 is 2.53 bits per heavy atom. The maximum atomic E-state index is 13.2. The molecule has 1 fully saturated rings. The van der Waals surface area contributed by atoms with Gasteiger partial charge in [0.2, 0.25) is 5.91 Å². The lowest BCUT2D eigenvalue weighted by atomic mass is 9.95. The Bertz CT molecular complexity index is 907. The van der Waals surface area contributed by atoms with E-state index in [0.29, 0.717) is 6.61 Å². The Morgan fingerprint density at radius 1 is 1.13 bits per heavy atom. The van der Waals surface area contributed by atoms with Crippen molar-refractivity contribution >= 4 is 11.6 Å². The molecule has 0 bridgehead atoms.